The van der Waals surface area contributed by atoms with Gasteiger partial charge >= 0.3 is 0 Å². The minimum atomic E-state index is -0.651. The number of hydrogen-bond acceptors (Lipinski definition) is 2. The summed E-state index contributed by atoms with van der Waals surface area (Å²) in [6.45, 7) is 1.57. The topological polar surface area (TPSA) is 26.3 Å². The van der Waals surface area contributed by atoms with Crippen molar-refractivity contribution in [3.05, 3.63) is 64.7 Å². The number of hydrogen-bond donors (Lipinski definition) is 0. The van der Waals surface area contributed by atoms with Crippen LogP contribution in [0.3, 0.4) is 0 Å². The van der Waals surface area contributed by atoms with Crippen molar-refractivity contribution in [3.63, 3.8) is 0 Å². The maximum Gasteiger partial charge on any atom is 0.196 e. The molecule has 0 saturated heterocycles. The van der Waals surface area contributed by atoms with Gasteiger partial charge in [0.15, 0.2) is 17.3 Å². The number of benzene rings is 2. The molecule has 98 valence electrons. The fourth-order valence-electron chi connectivity index (χ4n) is 1.79. The molecule has 2 aromatic carbocycles. The Morgan fingerprint density at radius 2 is 1.89 bits per heavy atom. The highest BCUT2D eigenvalue weighted by atomic mass is 19.1. The van der Waals surface area contributed by atoms with Gasteiger partial charge in [-0.3, -0.25) is 4.79 Å². The van der Waals surface area contributed by atoms with E-state index in [-0.39, 0.29) is 16.9 Å². The van der Waals surface area contributed by atoms with Gasteiger partial charge in [-0.25, -0.2) is 8.78 Å². The van der Waals surface area contributed by atoms with Crippen molar-refractivity contribution in [1.29, 1.82) is 0 Å². The Kier molecular flexibility index (Phi) is 3.60. The van der Waals surface area contributed by atoms with E-state index in [4.69, 9.17) is 4.74 Å². The van der Waals surface area contributed by atoms with Gasteiger partial charge in [-0.1, -0.05) is 12.1 Å². The van der Waals surface area contributed by atoms with E-state index in [9.17, 15) is 13.6 Å². The first-order valence-corrected chi connectivity index (χ1v) is 5.68. The standard InChI is InChI=1S/C15H12F2O2/c1-9-4-3-5-11(14(9)17)15(18)10-6-7-13(19-2)12(16)8-10/h3-8H,1-2H3. The Morgan fingerprint density at radius 1 is 1.16 bits per heavy atom. The van der Waals surface area contributed by atoms with Crippen molar-refractivity contribution >= 4 is 5.78 Å². The Morgan fingerprint density at radius 3 is 2.53 bits per heavy atom. The lowest BCUT2D eigenvalue weighted by Gasteiger charge is -2.06. The van der Waals surface area contributed by atoms with Gasteiger partial charge in [-0.2, -0.15) is 0 Å². The molecule has 0 saturated carbocycles. The molecule has 0 amide bonds. The molecular formula is C15H12F2O2. The lowest BCUT2D eigenvalue weighted by Crippen LogP contribution is -2.06. The van der Waals surface area contributed by atoms with Crippen LogP contribution in [0.1, 0.15) is 21.5 Å². The Bertz CT molecular complexity index is 636. The smallest absolute Gasteiger partial charge is 0.196 e. The molecule has 0 N–H and O–H groups in total. The number of halogens is 2. The van der Waals surface area contributed by atoms with Gasteiger partial charge in [0.25, 0.3) is 0 Å². The normalized spacial score (nSPS) is 10.3. The summed E-state index contributed by atoms with van der Waals surface area (Å²) < 4.78 is 32.1. The maximum absolute atomic E-state index is 13.8. The second-order valence-corrected chi connectivity index (χ2v) is 4.11. The van der Waals surface area contributed by atoms with Gasteiger partial charge in [0.1, 0.15) is 5.82 Å². The fourth-order valence-corrected chi connectivity index (χ4v) is 1.79. The van der Waals surface area contributed by atoms with Crippen LogP contribution >= 0.6 is 0 Å². The van der Waals surface area contributed by atoms with Crippen LogP contribution in [0.25, 0.3) is 0 Å². The largest absolute Gasteiger partial charge is 0.494 e. The molecule has 2 nitrogen and oxygen atoms in total. The Labute approximate surface area is 109 Å². The van der Waals surface area contributed by atoms with E-state index in [2.05, 4.69) is 0 Å². The average molecular weight is 262 g/mol. The third kappa shape index (κ3) is 2.47. The average Bonchev–Trinajstić information content (AvgIpc) is 2.41. The number of carbonyl (C=O) groups excluding carboxylic acids is 1. The van der Waals surface area contributed by atoms with Crippen LogP contribution in [0.15, 0.2) is 36.4 Å². The van der Waals surface area contributed by atoms with Gasteiger partial charge < -0.3 is 4.74 Å². The first-order chi connectivity index (χ1) is 9.04. The summed E-state index contributed by atoms with van der Waals surface area (Å²) in [6.07, 6.45) is 0. The van der Waals surface area contributed by atoms with Crippen molar-refractivity contribution in [2.75, 3.05) is 7.11 Å². The molecule has 2 rings (SSSR count). The number of carbonyl (C=O) groups is 1. The zero-order chi connectivity index (χ0) is 14.0. The quantitative estimate of drug-likeness (QED) is 0.791. The third-order valence-electron chi connectivity index (χ3n) is 2.85. The van der Waals surface area contributed by atoms with Crippen molar-refractivity contribution in [3.8, 4) is 5.75 Å². The van der Waals surface area contributed by atoms with E-state index in [1.165, 1.54) is 25.3 Å². The summed E-state index contributed by atoms with van der Waals surface area (Å²) >= 11 is 0. The van der Waals surface area contributed by atoms with Crippen molar-refractivity contribution in [2.45, 2.75) is 6.92 Å². The Balaban J connectivity index is 2.44. The minimum Gasteiger partial charge on any atom is -0.494 e. The lowest BCUT2D eigenvalue weighted by atomic mass is 10.0. The predicted molar refractivity (Wildman–Crippen MR) is 67.5 cm³/mol. The molecule has 0 atom stereocenters. The second kappa shape index (κ2) is 5.18. The molecular weight excluding hydrogens is 250 g/mol. The second-order valence-electron chi connectivity index (χ2n) is 4.11. The fraction of sp³-hybridized carbons (Fsp3) is 0.133. The van der Waals surface area contributed by atoms with Gasteiger partial charge in [-0.05, 0) is 36.8 Å². The minimum absolute atomic E-state index is 0.0428. The molecule has 0 heterocycles. The predicted octanol–water partition coefficient (Wildman–Crippen LogP) is 3.51. The van der Waals surface area contributed by atoms with Gasteiger partial charge in [0, 0.05) is 5.56 Å². The lowest BCUT2D eigenvalue weighted by molar-refractivity contribution is 0.103. The summed E-state index contributed by atoms with van der Waals surface area (Å²) in [5.74, 6) is -1.74. The number of rotatable bonds is 3. The summed E-state index contributed by atoms with van der Waals surface area (Å²) in [5, 5.41) is 0. The van der Waals surface area contributed by atoms with Crippen molar-refractivity contribution in [1.82, 2.24) is 0 Å². The molecule has 4 heteroatoms. The van der Waals surface area contributed by atoms with E-state index in [0.29, 0.717) is 5.56 Å². The van der Waals surface area contributed by atoms with E-state index in [1.54, 1.807) is 19.1 Å². The highest BCUT2D eigenvalue weighted by Gasteiger charge is 2.16. The molecule has 0 aliphatic heterocycles. The molecule has 0 fully saturated rings. The van der Waals surface area contributed by atoms with Crippen LogP contribution in [-0.4, -0.2) is 12.9 Å². The summed E-state index contributed by atoms with van der Waals surface area (Å²) in [5.41, 5.74) is 0.396. The first kappa shape index (κ1) is 13.2. The van der Waals surface area contributed by atoms with Gasteiger partial charge in [0.2, 0.25) is 0 Å². The SMILES string of the molecule is COc1ccc(C(=O)c2cccc(C)c2F)cc1F. The van der Waals surface area contributed by atoms with Crippen LogP contribution in [0.4, 0.5) is 8.78 Å². The first-order valence-electron chi connectivity index (χ1n) is 5.68. The van der Waals surface area contributed by atoms with Crippen LogP contribution in [0, 0.1) is 18.6 Å². The molecule has 2 aromatic rings. The maximum atomic E-state index is 13.8. The van der Waals surface area contributed by atoms with Crippen LogP contribution in [0.5, 0.6) is 5.75 Å². The monoisotopic (exact) mass is 262 g/mol. The zero-order valence-electron chi connectivity index (χ0n) is 10.5. The van der Waals surface area contributed by atoms with Crippen LogP contribution in [-0.2, 0) is 0 Å². The highest BCUT2D eigenvalue weighted by molar-refractivity contribution is 6.09. The summed E-state index contributed by atoms with van der Waals surface area (Å²) in [6, 6.07) is 8.34. The van der Waals surface area contributed by atoms with Crippen LogP contribution in [0.2, 0.25) is 0 Å². The molecule has 0 aliphatic carbocycles. The Hall–Kier alpha value is -2.23. The molecule has 19 heavy (non-hydrogen) atoms. The molecule has 0 aromatic heterocycles. The van der Waals surface area contributed by atoms with Crippen molar-refractivity contribution in [2.24, 2.45) is 0 Å². The van der Waals surface area contributed by atoms with Gasteiger partial charge in [0.05, 0.1) is 12.7 Å². The van der Waals surface area contributed by atoms with E-state index in [0.717, 1.165) is 6.07 Å². The summed E-state index contributed by atoms with van der Waals surface area (Å²) in [4.78, 5) is 12.1. The van der Waals surface area contributed by atoms with E-state index >= 15 is 0 Å². The number of methoxy groups -OCH3 is 1. The van der Waals surface area contributed by atoms with E-state index in [1.807, 2.05) is 0 Å². The molecule has 0 radical (unpaired) electrons. The third-order valence-corrected chi connectivity index (χ3v) is 2.85. The van der Waals surface area contributed by atoms with Gasteiger partial charge in [-0.15, -0.1) is 0 Å². The number of ether oxygens (including phenoxy) is 1. The molecule has 0 unspecified atom stereocenters. The molecule has 0 aliphatic rings. The molecule has 0 spiro atoms. The summed E-state index contributed by atoms with van der Waals surface area (Å²) in [7, 11) is 1.33. The molecule has 0 bridgehead atoms. The highest BCUT2D eigenvalue weighted by Crippen LogP contribution is 2.21. The van der Waals surface area contributed by atoms with E-state index < -0.39 is 17.4 Å². The number of aryl methyl sites for hydroxylation is 1. The van der Waals surface area contributed by atoms with Crippen molar-refractivity contribution < 1.29 is 18.3 Å². The number of ketones is 1. The zero-order valence-corrected chi connectivity index (χ0v) is 10.5. The van der Waals surface area contributed by atoms with Crippen LogP contribution < -0.4 is 4.74 Å².